The van der Waals surface area contributed by atoms with Crippen molar-refractivity contribution in [3.63, 3.8) is 0 Å². The van der Waals surface area contributed by atoms with Crippen molar-refractivity contribution in [3.8, 4) is 0 Å². The van der Waals surface area contributed by atoms with Crippen molar-refractivity contribution >= 4 is 5.78 Å². The monoisotopic (exact) mass is 195 g/mol. The number of carbonyl (C=O) groups excluding carboxylic acids is 1. The smallest absolute Gasteiger partial charge is 0.160 e. The van der Waals surface area contributed by atoms with E-state index >= 15 is 0 Å². The zero-order valence-corrected chi connectivity index (χ0v) is 9.38. The molecule has 0 bridgehead atoms. The normalized spacial score (nSPS) is 16.7. The van der Waals surface area contributed by atoms with Crippen molar-refractivity contribution < 1.29 is 4.79 Å². The largest absolute Gasteiger partial charge is 0.377 e. The van der Waals surface area contributed by atoms with Gasteiger partial charge in [-0.15, -0.1) is 0 Å². The van der Waals surface area contributed by atoms with Crippen LogP contribution in [0.1, 0.15) is 46.0 Å². The molecule has 0 fully saturated rings. The van der Waals surface area contributed by atoms with Crippen LogP contribution in [0, 0.1) is 0 Å². The summed E-state index contributed by atoms with van der Waals surface area (Å²) in [4.78, 5) is 13.9. The molecule has 2 heteroatoms. The maximum Gasteiger partial charge on any atom is 0.160 e. The molecule has 1 heterocycles. The van der Waals surface area contributed by atoms with Crippen LogP contribution in [-0.2, 0) is 4.79 Å². The molecule has 1 aliphatic rings. The third kappa shape index (κ3) is 3.17. The van der Waals surface area contributed by atoms with Gasteiger partial charge in [0.1, 0.15) is 0 Å². The summed E-state index contributed by atoms with van der Waals surface area (Å²) >= 11 is 0. The number of nitrogens with zero attached hydrogens (tertiary/aromatic N) is 1. The molecule has 0 saturated carbocycles. The topological polar surface area (TPSA) is 20.3 Å². The Balaban J connectivity index is 2.54. The second kappa shape index (κ2) is 5.84. The average Bonchev–Trinajstić information content (AvgIpc) is 2.19. The lowest BCUT2D eigenvalue weighted by Crippen LogP contribution is -2.25. The molecule has 2 nitrogen and oxygen atoms in total. The minimum absolute atomic E-state index is 0.355. The van der Waals surface area contributed by atoms with Crippen LogP contribution in [0.15, 0.2) is 11.8 Å². The highest BCUT2D eigenvalue weighted by Gasteiger charge is 2.14. The minimum atomic E-state index is 0.355. The number of rotatable bonds is 5. The highest BCUT2D eigenvalue weighted by atomic mass is 16.1. The predicted molar refractivity (Wildman–Crippen MR) is 59.1 cm³/mol. The summed E-state index contributed by atoms with van der Waals surface area (Å²) in [5, 5.41) is 0. The molecule has 1 rings (SSSR count). The van der Waals surface area contributed by atoms with Crippen LogP contribution in [0.2, 0.25) is 0 Å². The van der Waals surface area contributed by atoms with Gasteiger partial charge in [0.05, 0.1) is 0 Å². The van der Waals surface area contributed by atoms with Gasteiger partial charge in [0.15, 0.2) is 5.78 Å². The molecule has 0 aromatic heterocycles. The standard InChI is InChI=1S/C12H21NO/c1-3-6-12(14)11-7-5-9-13(10-11)8-4-2/h10H,3-9H2,1-2H3. The van der Waals surface area contributed by atoms with E-state index in [1.165, 1.54) is 0 Å². The van der Waals surface area contributed by atoms with Gasteiger partial charge in [0.25, 0.3) is 0 Å². The van der Waals surface area contributed by atoms with E-state index in [0.717, 1.165) is 44.3 Å². The van der Waals surface area contributed by atoms with E-state index in [2.05, 4.69) is 24.9 Å². The van der Waals surface area contributed by atoms with Crippen LogP contribution < -0.4 is 0 Å². The fraction of sp³-hybridized carbons (Fsp3) is 0.750. The molecule has 0 radical (unpaired) electrons. The summed E-state index contributed by atoms with van der Waals surface area (Å²) in [6, 6.07) is 0. The Morgan fingerprint density at radius 2 is 2.21 bits per heavy atom. The second-order valence-electron chi connectivity index (χ2n) is 3.97. The quantitative estimate of drug-likeness (QED) is 0.672. The minimum Gasteiger partial charge on any atom is -0.377 e. The lowest BCUT2D eigenvalue weighted by molar-refractivity contribution is -0.115. The fourth-order valence-electron chi connectivity index (χ4n) is 1.88. The first kappa shape index (κ1) is 11.3. The van der Waals surface area contributed by atoms with E-state index in [4.69, 9.17) is 0 Å². The molecule has 14 heavy (non-hydrogen) atoms. The van der Waals surface area contributed by atoms with Crippen LogP contribution in [0.25, 0.3) is 0 Å². The molecular weight excluding hydrogens is 174 g/mol. The highest BCUT2D eigenvalue weighted by molar-refractivity contribution is 5.95. The molecule has 0 saturated heterocycles. The molecule has 0 aliphatic carbocycles. The number of Topliss-reactive ketones (excluding diaryl/α,β-unsaturated/α-hetero) is 1. The van der Waals surface area contributed by atoms with Crippen molar-refractivity contribution in [2.45, 2.75) is 46.0 Å². The molecule has 0 aromatic carbocycles. The summed E-state index contributed by atoms with van der Waals surface area (Å²) < 4.78 is 0. The Kier molecular flexibility index (Phi) is 4.71. The molecular formula is C12H21NO. The van der Waals surface area contributed by atoms with Crippen molar-refractivity contribution in [1.82, 2.24) is 4.90 Å². The second-order valence-corrected chi connectivity index (χ2v) is 3.97. The van der Waals surface area contributed by atoms with Crippen LogP contribution in [0.5, 0.6) is 0 Å². The van der Waals surface area contributed by atoms with E-state index in [1.54, 1.807) is 0 Å². The Hall–Kier alpha value is -0.790. The molecule has 0 N–H and O–H groups in total. The maximum atomic E-state index is 11.7. The maximum absolute atomic E-state index is 11.7. The Bertz CT molecular complexity index is 220. The van der Waals surface area contributed by atoms with Gasteiger partial charge >= 0.3 is 0 Å². The number of carbonyl (C=O) groups is 1. The van der Waals surface area contributed by atoms with Crippen molar-refractivity contribution in [2.75, 3.05) is 13.1 Å². The molecule has 0 spiro atoms. The van der Waals surface area contributed by atoms with Gasteiger partial charge in [-0.3, -0.25) is 4.79 Å². The Morgan fingerprint density at radius 3 is 2.86 bits per heavy atom. The predicted octanol–water partition coefficient (Wildman–Crippen LogP) is 2.75. The van der Waals surface area contributed by atoms with Gasteiger partial charge < -0.3 is 4.90 Å². The van der Waals surface area contributed by atoms with Crippen LogP contribution in [0.4, 0.5) is 0 Å². The van der Waals surface area contributed by atoms with E-state index in [1.807, 2.05) is 0 Å². The van der Waals surface area contributed by atoms with Gasteiger partial charge in [-0.1, -0.05) is 13.8 Å². The van der Waals surface area contributed by atoms with E-state index in [-0.39, 0.29) is 0 Å². The SMILES string of the molecule is CCCC(=O)C1=CN(CCC)CCC1. The van der Waals surface area contributed by atoms with Gasteiger partial charge in [0.2, 0.25) is 0 Å². The molecule has 80 valence electrons. The van der Waals surface area contributed by atoms with E-state index in [9.17, 15) is 4.79 Å². The first-order valence-corrected chi connectivity index (χ1v) is 5.75. The molecule has 0 aromatic rings. The summed E-state index contributed by atoms with van der Waals surface area (Å²) in [5.41, 5.74) is 1.05. The third-order valence-electron chi connectivity index (χ3n) is 2.58. The third-order valence-corrected chi connectivity index (χ3v) is 2.58. The first-order valence-electron chi connectivity index (χ1n) is 5.75. The molecule has 0 unspecified atom stereocenters. The zero-order chi connectivity index (χ0) is 10.4. The summed E-state index contributed by atoms with van der Waals surface area (Å²) in [6.07, 6.45) is 7.05. The molecule has 0 atom stereocenters. The van der Waals surface area contributed by atoms with Crippen LogP contribution in [0.3, 0.4) is 0 Å². The average molecular weight is 195 g/mol. The van der Waals surface area contributed by atoms with Crippen molar-refractivity contribution in [3.05, 3.63) is 11.8 Å². The molecule has 0 amide bonds. The van der Waals surface area contributed by atoms with Crippen LogP contribution in [-0.4, -0.2) is 23.8 Å². The van der Waals surface area contributed by atoms with Gasteiger partial charge in [-0.25, -0.2) is 0 Å². The van der Waals surface area contributed by atoms with Gasteiger partial charge in [-0.05, 0) is 25.7 Å². The summed E-state index contributed by atoms with van der Waals surface area (Å²) in [6.45, 7) is 6.45. The van der Waals surface area contributed by atoms with Crippen LogP contribution >= 0.6 is 0 Å². The zero-order valence-electron chi connectivity index (χ0n) is 9.38. The number of allylic oxidation sites excluding steroid dienone is 1. The fourth-order valence-corrected chi connectivity index (χ4v) is 1.88. The summed E-state index contributed by atoms with van der Waals surface area (Å²) in [7, 11) is 0. The van der Waals surface area contributed by atoms with Crippen molar-refractivity contribution in [2.24, 2.45) is 0 Å². The lowest BCUT2D eigenvalue weighted by atomic mass is 10.0. The number of ketones is 1. The van der Waals surface area contributed by atoms with Gasteiger partial charge in [-0.2, -0.15) is 0 Å². The first-order chi connectivity index (χ1) is 6.77. The van der Waals surface area contributed by atoms with Crippen molar-refractivity contribution in [1.29, 1.82) is 0 Å². The lowest BCUT2D eigenvalue weighted by Gasteiger charge is -2.25. The Morgan fingerprint density at radius 1 is 1.43 bits per heavy atom. The Labute approximate surface area is 87.0 Å². The van der Waals surface area contributed by atoms with Gasteiger partial charge in [0, 0.05) is 31.3 Å². The van der Waals surface area contributed by atoms with E-state index in [0.29, 0.717) is 12.2 Å². The number of hydrogen-bond acceptors (Lipinski definition) is 2. The highest BCUT2D eigenvalue weighted by Crippen LogP contribution is 2.17. The summed E-state index contributed by atoms with van der Waals surface area (Å²) in [5.74, 6) is 0.355. The number of hydrogen-bond donors (Lipinski definition) is 0. The van der Waals surface area contributed by atoms with E-state index < -0.39 is 0 Å². The molecule has 1 aliphatic heterocycles.